The van der Waals surface area contributed by atoms with Gasteiger partial charge in [-0.1, -0.05) is 6.07 Å². The Morgan fingerprint density at radius 2 is 1.65 bits per heavy atom. The van der Waals surface area contributed by atoms with Crippen molar-refractivity contribution in [1.29, 1.82) is 0 Å². The summed E-state index contributed by atoms with van der Waals surface area (Å²) in [5, 5.41) is 7.86. The average Bonchev–Trinajstić information content (AvgIpc) is 2.74. The molecule has 31 heavy (non-hydrogen) atoms. The maximum Gasteiger partial charge on any atom is 0.416 e. The van der Waals surface area contributed by atoms with Crippen LogP contribution in [0.3, 0.4) is 0 Å². The van der Waals surface area contributed by atoms with Gasteiger partial charge in [-0.2, -0.15) is 13.2 Å². The number of amides is 3. The fourth-order valence-electron chi connectivity index (χ4n) is 2.57. The van der Waals surface area contributed by atoms with E-state index in [0.29, 0.717) is 17.9 Å². The molecule has 3 aromatic rings. The van der Waals surface area contributed by atoms with Crippen molar-refractivity contribution in [1.82, 2.24) is 10.3 Å². The Balaban J connectivity index is 1.59. The van der Waals surface area contributed by atoms with Crippen LogP contribution in [0.5, 0.6) is 0 Å². The molecule has 6 nitrogen and oxygen atoms in total. The molecule has 0 bridgehead atoms. The molecule has 0 saturated carbocycles. The van der Waals surface area contributed by atoms with Crippen molar-refractivity contribution in [2.75, 3.05) is 10.6 Å². The number of nitrogens with zero attached hydrogens (tertiary/aromatic N) is 1. The molecule has 3 N–H and O–H groups in total. The van der Waals surface area contributed by atoms with Gasteiger partial charge in [0.2, 0.25) is 0 Å². The second kappa shape index (κ2) is 9.61. The molecule has 0 radical (unpaired) electrons. The summed E-state index contributed by atoms with van der Waals surface area (Å²) in [7, 11) is 0. The van der Waals surface area contributed by atoms with Gasteiger partial charge in [0.05, 0.1) is 11.1 Å². The predicted molar refractivity (Wildman–Crippen MR) is 114 cm³/mol. The zero-order valence-corrected chi connectivity index (χ0v) is 17.4. The Morgan fingerprint density at radius 3 is 2.26 bits per heavy atom. The van der Waals surface area contributed by atoms with E-state index in [2.05, 4.69) is 36.9 Å². The van der Waals surface area contributed by atoms with E-state index in [1.807, 2.05) is 6.07 Å². The van der Waals surface area contributed by atoms with Gasteiger partial charge in [-0.15, -0.1) is 0 Å². The van der Waals surface area contributed by atoms with Gasteiger partial charge in [0.15, 0.2) is 0 Å². The minimum atomic E-state index is -4.55. The van der Waals surface area contributed by atoms with Gasteiger partial charge in [0, 0.05) is 34.8 Å². The molecule has 0 unspecified atom stereocenters. The van der Waals surface area contributed by atoms with Crippen LogP contribution in [0.15, 0.2) is 71.5 Å². The van der Waals surface area contributed by atoms with Gasteiger partial charge < -0.3 is 16.0 Å². The first kappa shape index (κ1) is 22.3. The number of aromatic nitrogens is 1. The molecule has 0 aliphatic rings. The third kappa shape index (κ3) is 6.29. The number of hydrogen-bond acceptors (Lipinski definition) is 3. The molecule has 3 rings (SSSR count). The first-order chi connectivity index (χ1) is 14.7. The summed E-state index contributed by atoms with van der Waals surface area (Å²) in [6, 6.07) is 12.2. The third-order valence-corrected chi connectivity index (χ3v) is 4.81. The Kier molecular flexibility index (Phi) is 6.91. The number of nitrogens with one attached hydrogen (secondary N) is 3. The van der Waals surface area contributed by atoms with Crippen molar-refractivity contribution >= 4 is 39.2 Å². The SMILES string of the molecule is O=C(NCc1cccnc1)Nc1ccc(NC(=O)c2cc(C(F)(F)F)ccc2Br)cc1. The van der Waals surface area contributed by atoms with E-state index in [9.17, 15) is 22.8 Å². The van der Waals surface area contributed by atoms with E-state index in [1.165, 1.54) is 18.2 Å². The van der Waals surface area contributed by atoms with Crippen LogP contribution in [0.1, 0.15) is 21.5 Å². The first-order valence-electron chi connectivity index (χ1n) is 8.94. The fraction of sp³-hybridized carbons (Fsp3) is 0.0952. The van der Waals surface area contributed by atoms with Crippen molar-refractivity contribution in [3.8, 4) is 0 Å². The Morgan fingerprint density at radius 1 is 0.968 bits per heavy atom. The quantitative estimate of drug-likeness (QED) is 0.443. The highest BCUT2D eigenvalue weighted by Crippen LogP contribution is 2.32. The molecule has 0 fully saturated rings. The fourth-order valence-corrected chi connectivity index (χ4v) is 3.00. The van der Waals surface area contributed by atoms with Crippen LogP contribution in [-0.4, -0.2) is 16.9 Å². The smallest absolute Gasteiger partial charge is 0.334 e. The lowest BCUT2D eigenvalue weighted by atomic mass is 10.1. The summed E-state index contributed by atoms with van der Waals surface area (Å²) >= 11 is 3.09. The zero-order chi connectivity index (χ0) is 22.4. The molecule has 0 saturated heterocycles. The molecule has 0 aliphatic carbocycles. The number of anilines is 2. The summed E-state index contributed by atoms with van der Waals surface area (Å²) < 4.78 is 38.9. The highest BCUT2D eigenvalue weighted by molar-refractivity contribution is 9.10. The van der Waals surface area contributed by atoms with Gasteiger partial charge in [0.1, 0.15) is 0 Å². The summed E-state index contributed by atoms with van der Waals surface area (Å²) in [5.41, 5.74) is 0.610. The van der Waals surface area contributed by atoms with Crippen LogP contribution in [-0.2, 0) is 12.7 Å². The molecule has 0 spiro atoms. The summed E-state index contributed by atoms with van der Waals surface area (Å²) in [5.74, 6) is -0.701. The van der Waals surface area contributed by atoms with Crippen LogP contribution in [0.4, 0.5) is 29.3 Å². The van der Waals surface area contributed by atoms with Crippen LogP contribution >= 0.6 is 15.9 Å². The first-order valence-corrected chi connectivity index (χ1v) is 9.73. The highest BCUT2D eigenvalue weighted by atomic mass is 79.9. The van der Waals surface area contributed by atoms with E-state index in [4.69, 9.17) is 0 Å². The predicted octanol–water partition coefficient (Wildman–Crippen LogP) is 5.44. The van der Waals surface area contributed by atoms with Crippen LogP contribution < -0.4 is 16.0 Å². The van der Waals surface area contributed by atoms with Crippen LogP contribution in [0.25, 0.3) is 0 Å². The summed E-state index contributed by atoms with van der Waals surface area (Å²) in [6.45, 7) is 0.305. The van der Waals surface area contributed by atoms with Gasteiger partial charge in [0.25, 0.3) is 5.91 Å². The number of pyridine rings is 1. The number of alkyl halides is 3. The Labute approximate surface area is 184 Å². The average molecular weight is 493 g/mol. The van der Waals surface area contributed by atoms with E-state index < -0.39 is 23.7 Å². The van der Waals surface area contributed by atoms with Crippen molar-refractivity contribution in [2.45, 2.75) is 12.7 Å². The number of halogens is 4. The Hall–Kier alpha value is -3.40. The van der Waals surface area contributed by atoms with Crippen LogP contribution in [0, 0.1) is 0 Å². The topological polar surface area (TPSA) is 83.1 Å². The highest BCUT2D eigenvalue weighted by Gasteiger charge is 2.31. The van der Waals surface area contributed by atoms with Gasteiger partial charge in [-0.3, -0.25) is 9.78 Å². The van der Waals surface area contributed by atoms with E-state index >= 15 is 0 Å². The molecule has 0 aliphatic heterocycles. The molecule has 0 atom stereocenters. The van der Waals surface area contributed by atoms with E-state index in [1.54, 1.807) is 30.6 Å². The largest absolute Gasteiger partial charge is 0.416 e. The summed E-state index contributed by atoms with van der Waals surface area (Å²) in [6.07, 6.45) is -1.28. The lowest BCUT2D eigenvalue weighted by molar-refractivity contribution is -0.137. The molecule has 3 amide bonds. The zero-order valence-electron chi connectivity index (χ0n) is 15.8. The molecule has 2 aromatic carbocycles. The molecule has 160 valence electrons. The van der Waals surface area contributed by atoms with Crippen molar-refractivity contribution in [3.63, 3.8) is 0 Å². The van der Waals surface area contributed by atoms with E-state index in [-0.39, 0.29) is 10.0 Å². The van der Waals surface area contributed by atoms with Crippen molar-refractivity contribution in [3.05, 3.63) is 88.2 Å². The van der Waals surface area contributed by atoms with Crippen molar-refractivity contribution in [2.24, 2.45) is 0 Å². The number of urea groups is 1. The number of hydrogen-bond donors (Lipinski definition) is 3. The van der Waals surface area contributed by atoms with Gasteiger partial charge >= 0.3 is 12.2 Å². The molecule has 1 aromatic heterocycles. The molecule has 10 heteroatoms. The number of carbonyl (C=O) groups is 2. The monoisotopic (exact) mass is 492 g/mol. The lowest BCUT2D eigenvalue weighted by Crippen LogP contribution is -2.28. The molecular formula is C21H16BrF3N4O2. The molecule has 1 heterocycles. The third-order valence-electron chi connectivity index (χ3n) is 4.11. The number of benzene rings is 2. The van der Waals surface area contributed by atoms with Gasteiger partial charge in [-0.25, -0.2) is 4.79 Å². The lowest BCUT2D eigenvalue weighted by Gasteiger charge is -2.12. The maximum absolute atomic E-state index is 12.9. The number of carbonyl (C=O) groups excluding carboxylic acids is 2. The normalized spacial score (nSPS) is 11.0. The standard InChI is InChI=1S/C21H16BrF3N4O2/c22-18-8-3-14(21(23,24)25)10-17(18)19(30)28-15-4-6-16(7-5-15)29-20(31)27-12-13-2-1-9-26-11-13/h1-11H,12H2,(H,28,30)(H2,27,29,31). The minimum Gasteiger partial charge on any atom is -0.334 e. The second-order valence-electron chi connectivity index (χ2n) is 6.39. The van der Waals surface area contributed by atoms with Gasteiger partial charge in [-0.05, 0) is 70.0 Å². The molecular weight excluding hydrogens is 477 g/mol. The summed E-state index contributed by atoms with van der Waals surface area (Å²) in [4.78, 5) is 28.3. The van der Waals surface area contributed by atoms with Crippen LogP contribution in [0.2, 0.25) is 0 Å². The second-order valence-corrected chi connectivity index (χ2v) is 7.25. The Bertz CT molecular complexity index is 1070. The van der Waals surface area contributed by atoms with E-state index in [0.717, 1.165) is 17.7 Å². The maximum atomic E-state index is 12.9. The minimum absolute atomic E-state index is 0.146. The van der Waals surface area contributed by atoms with Crippen molar-refractivity contribution < 1.29 is 22.8 Å². The number of rotatable bonds is 5.